The Kier molecular flexibility index (Phi) is 8.48. The summed E-state index contributed by atoms with van der Waals surface area (Å²) in [5.74, 6) is 0. The topological polar surface area (TPSA) is 67.9 Å². The maximum absolute atomic E-state index is 13.0. The molecule has 0 unspecified atom stereocenters. The summed E-state index contributed by atoms with van der Waals surface area (Å²) < 4.78 is 27.6. The van der Waals surface area contributed by atoms with Gasteiger partial charge in [0.25, 0.3) is 0 Å². The number of anilines is 2. The highest BCUT2D eigenvalue weighted by Gasteiger charge is 2.26. The van der Waals surface area contributed by atoms with Crippen molar-refractivity contribution in [3.8, 4) is 0 Å². The second kappa shape index (κ2) is 10.4. The molecule has 9 heteroatoms. The lowest BCUT2D eigenvalue weighted by atomic mass is 10.2. The average Bonchev–Trinajstić information content (AvgIpc) is 2.65. The van der Waals surface area contributed by atoms with Crippen LogP contribution in [-0.2, 0) is 10.0 Å². The van der Waals surface area contributed by atoms with Crippen molar-refractivity contribution in [1.82, 2.24) is 14.5 Å². The third kappa shape index (κ3) is 6.30. The van der Waals surface area contributed by atoms with Crippen LogP contribution in [0.5, 0.6) is 0 Å². The van der Waals surface area contributed by atoms with Crippen LogP contribution in [0.3, 0.4) is 0 Å². The van der Waals surface area contributed by atoms with E-state index >= 15 is 0 Å². The number of hydrogen-bond acceptors (Lipinski definition) is 5. The second-order valence-corrected chi connectivity index (χ2v) is 9.92. The van der Waals surface area contributed by atoms with E-state index in [1.54, 1.807) is 16.4 Å². The van der Waals surface area contributed by atoms with E-state index in [0.717, 1.165) is 44.5 Å². The zero-order valence-electron chi connectivity index (χ0n) is 17.4. The zero-order valence-corrected chi connectivity index (χ0v) is 19.0. The molecular formula is C19H33N5O2S2. The van der Waals surface area contributed by atoms with Crippen LogP contribution < -0.4 is 15.5 Å². The fraction of sp³-hybridized carbons (Fsp3) is 0.632. The molecule has 158 valence electrons. The van der Waals surface area contributed by atoms with Crippen molar-refractivity contribution in [1.29, 1.82) is 0 Å². The highest BCUT2D eigenvalue weighted by Crippen LogP contribution is 2.30. The predicted octanol–water partition coefficient (Wildman–Crippen LogP) is 2.17. The first kappa shape index (κ1) is 22.9. The lowest BCUT2D eigenvalue weighted by Crippen LogP contribution is -2.35. The Morgan fingerprint density at radius 3 is 2.43 bits per heavy atom. The molecule has 0 atom stereocenters. The lowest BCUT2D eigenvalue weighted by molar-refractivity contribution is 0.346. The quantitative estimate of drug-likeness (QED) is 0.487. The smallest absolute Gasteiger partial charge is 0.243 e. The molecule has 1 aliphatic rings. The molecule has 28 heavy (non-hydrogen) atoms. The van der Waals surface area contributed by atoms with Crippen molar-refractivity contribution in [2.75, 3.05) is 64.6 Å². The van der Waals surface area contributed by atoms with Crippen LogP contribution >= 0.6 is 12.2 Å². The Morgan fingerprint density at radius 2 is 1.82 bits per heavy atom. The summed E-state index contributed by atoms with van der Waals surface area (Å²) in [5.41, 5.74) is 1.57. The summed E-state index contributed by atoms with van der Waals surface area (Å²) in [6.45, 7) is 2.91. The van der Waals surface area contributed by atoms with E-state index in [4.69, 9.17) is 12.2 Å². The van der Waals surface area contributed by atoms with E-state index in [1.807, 2.05) is 39.2 Å². The minimum Gasteiger partial charge on any atom is -0.376 e. The average molecular weight is 428 g/mol. The molecule has 1 saturated heterocycles. The first-order valence-corrected chi connectivity index (χ1v) is 11.6. The number of thiocarbonyl (C=S) groups is 1. The van der Waals surface area contributed by atoms with Gasteiger partial charge in [0.1, 0.15) is 0 Å². The first-order valence-electron chi connectivity index (χ1n) is 9.73. The van der Waals surface area contributed by atoms with E-state index < -0.39 is 10.0 Å². The second-order valence-electron chi connectivity index (χ2n) is 7.58. The minimum atomic E-state index is -3.49. The molecule has 1 aliphatic heterocycles. The number of hydrogen-bond donors (Lipinski definition) is 2. The molecule has 0 aliphatic carbocycles. The van der Waals surface area contributed by atoms with Gasteiger partial charge in [0, 0.05) is 33.7 Å². The SMILES string of the molecule is CN(C)CCCNC(=S)Nc1cc(S(=O)(=O)N2CCCCC2)ccc1N(C)C. The molecule has 1 fully saturated rings. The zero-order chi connectivity index (χ0) is 20.7. The van der Waals surface area contributed by atoms with Crippen molar-refractivity contribution in [3.63, 3.8) is 0 Å². The van der Waals surface area contributed by atoms with Gasteiger partial charge in [-0.15, -0.1) is 0 Å². The van der Waals surface area contributed by atoms with Gasteiger partial charge in [-0.25, -0.2) is 8.42 Å². The van der Waals surface area contributed by atoms with Gasteiger partial charge in [-0.3, -0.25) is 0 Å². The van der Waals surface area contributed by atoms with E-state index in [-0.39, 0.29) is 0 Å². The van der Waals surface area contributed by atoms with Gasteiger partial charge in [0.05, 0.1) is 16.3 Å². The highest BCUT2D eigenvalue weighted by molar-refractivity contribution is 7.89. The summed E-state index contributed by atoms with van der Waals surface area (Å²) in [6, 6.07) is 5.19. The van der Waals surface area contributed by atoms with Gasteiger partial charge < -0.3 is 20.4 Å². The first-order chi connectivity index (χ1) is 13.2. The van der Waals surface area contributed by atoms with Gasteiger partial charge >= 0.3 is 0 Å². The monoisotopic (exact) mass is 427 g/mol. The van der Waals surface area contributed by atoms with E-state index in [2.05, 4.69) is 15.5 Å². The number of piperidine rings is 1. The maximum atomic E-state index is 13.0. The number of nitrogens with zero attached hydrogens (tertiary/aromatic N) is 3. The largest absolute Gasteiger partial charge is 0.376 e. The van der Waals surface area contributed by atoms with Crippen LogP contribution in [0, 0.1) is 0 Å². The molecule has 1 heterocycles. The molecular weight excluding hydrogens is 394 g/mol. The molecule has 1 aromatic rings. The highest BCUT2D eigenvalue weighted by atomic mass is 32.2. The Balaban J connectivity index is 2.15. The molecule has 0 bridgehead atoms. The summed E-state index contributed by atoms with van der Waals surface area (Å²) in [7, 11) is 4.43. The van der Waals surface area contributed by atoms with E-state index in [0.29, 0.717) is 28.8 Å². The van der Waals surface area contributed by atoms with Crippen LogP contribution in [-0.4, -0.2) is 77.1 Å². The van der Waals surface area contributed by atoms with E-state index in [9.17, 15) is 8.42 Å². The Hall–Kier alpha value is -1.42. The fourth-order valence-electron chi connectivity index (χ4n) is 3.18. The van der Waals surface area contributed by atoms with Crippen molar-refractivity contribution in [2.45, 2.75) is 30.6 Å². The van der Waals surface area contributed by atoms with Crippen molar-refractivity contribution >= 4 is 38.7 Å². The molecule has 2 N–H and O–H groups in total. The maximum Gasteiger partial charge on any atom is 0.243 e. The molecule has 7 nitrogen and oxygen atoms in total. The number of sulfonamides is 1. The molecule has 0 radical (unpaired) electrons. The number of rotatable bonds is 8. The van der Waals surface area contributed by atoms with Gasteiger partial charge in [-0.05, 0) is 70.3 Å². The van der Waals surface area contributed by atoms with Gasteiger partial charge in [0.2, 0.25) is 10.0 Å². The Morgan fingerprint density at radius 1 is 1.14 bits per heavy atom. The molecule has 0 aromatic heterocycles. The normalized spacial score (nSPS) is 15.5. The molecule has 0 amide bonds. The van der Waals surface area contributed by atoms with Crippen LogP contribution in [0.1, 0.15) is 25.7 Å². The number of benzene rings is 1. The van der Waals surface area contributed by atoms with Gasteiger partial charge in [0.15, 0.2) is 5.11 Å². The standard InChI is InChI=1S/C19H33N5O2S2/c1-22(2)12-8-11-20-19(27)21-17-15-16(9-10-18(17)23(3)4)28(25,26)24-13-6-5-7-14-24/h9-10,15H,5-8,11-14H2,1-4H3,(H2,20,21,27). The fourth-order valence-corrected chi connectivity index (χ4v) is 4.94. The summed E-state index contributed by atoms with van der Waals surface area (Å²) in [5, 5.41) is 6.86. The van der Waals surface area contributed by atoms with Crippen LogP contribution in [0.25, 0.3) is 0 Å². The van der Waals surface area contributed by atoms with Crippen molar-refractivity contribution < 1.29 is 8.42 Å². The molecule has 0 saturated carbocycles. The minimum absolute atomic E-state index is 0.304. The third-order valence-corrected chi connectivity index (χ3v) is 6.86. The molecule has 2 rings (SSSR count). The Labute approximate surface area is 175 Å². The van der Waals surface area contributed by atoms with Crippen LogP contribution in [0.4, 0.5) is 11.4 Å². The summed E-state index contributed by atoms with van der Waals surface area (Å²) >= 11 is 5.41. The predicted molar refractivity (Wildman–Crippen MR) is 121 cm³/mol. The van der Waals surface area contributed by atoms with Gasteiger partial charge in [-0.1, -0.05) is 6.42 Å². The third-order valence-electron chi connectivity index (χ3n) is 4.72. The summed E-state index contributed by atoms with van der Waals surface area (Å²) in [6.07, 6.45) is 3.90. The van der Waals surface area contributed by atoms with Gasteiger partial charge in [-0.2, -0.15) is 4.31 Å². The number of nitrogens with one attached hydrogen (secondary N) is 2. The van der Waals surface area contributed by atoms with Crippen molar-refractivity contribution in [3.05, 3.63) is 18.2 Å². The van der Waals surface area contributed by atoms with Crippen LogP contribution in [0.2, 0.25) is 0 Å². The van der Waals surface area contributed by atoms with E-state index in [1.165, 1.54) is 0 Å². The summed E-state index contributed by atoms with van der Waals surface area (Å²) in [4.78, 5) is 4.36. The lowest BCUT2D eigenvalue weighted by Gasteiger charge is -2.27. The molecule has 1 aromatic carbocycles. The van der Waals surface area contributed by atoms with Crippen molar-refractivity contribution in [2.24, 2.45) is 0 Å². The van der Waals surface area contributed by atoms with Crippen LogP contribution in [0.15, 0.2) is 23.1 Å². The molecule has 0 spiro atoms. The Bertz CT molecular complexity index is 760.